The van der Waals surface area contributed by atoms with Gasteiger partial charge in [-0.3, -0.25) is 4.79 Å². The van der Waals surface area contributed by atoms with Crippen LogP contribution in [-0.4, -0.2) is 27.5 Å². The first-order chi connectivity index (χ1) is 15.3. The average molecular weight is 413 g/mol. The molecule has 0 saturated heterocycles. The van der Waals surface area contributed by atoms with Crippen molar-refractivity contribution in [1.29, 1.82) is 0 Å². The van der Waals surface area contributed by atoms with Crippen molar-refractivity contribution < 1.29 is 13.7 Å². The van der Waals surface area contributed by atoms with Crippen LogP contribution in [0.2, 0.25) is 0 Å². The third-order valence-electron chi connectivity index (χ3n) is 5.77. The number of hydrogen-bond donors (Lipinski definition) is 0. The fourth-order valence-corrected chi connectivity index (χ4v) is 4.23. The molecule has 0 fully saturated rings. The standard InChI is InChI=1S/C25H23N3O3/c29-24(13-12-23-26-25(27-31-23)22-11-6-16-30-22)28-15-14-19-9-4-5-10-20(19)21(28)17-18-7-2-1-3-8-18/h1-11,16,21H,12-15,17H2/t21-/m0/s1. The van der Waals surface area contributed by atoms with Gasteiger partial charge in [-0.25, -0.2) is 0 Å². The number of carbonyl (C=O) groups excluding carboxylic acids is 1. The summed E-state index contributed by atoms with van der Waals surface area (Å²) in [6.45, 7) is 0.717. The second-order valence-corrected chi connectivity index (χ2v) is 7.73. The normalized spacial score (nSPS) is 15.6. The summed E-state index contributed by atoms with van der Waals surface area (Å²) in [5.74, 6) is 1.50. The number of carbonyl (C=O) groups is 1. The Morgan fingerprint density at radius 2 is 1.87 bits per heavy atom. The van der Waals surface area contributed by atoms with Gasteiger partial charge < -0.3 is 13.8 Å². The minimum atomic E-state index is 0.0289. The van der Waals surface area contributed by atoms with E-state index in [0.717, 1.165) is 19.4 Å². The van der Waals surface area contributed by atoms with Crippen LogP contribution in [0.25, 0.3) is 11.6 Å². The van der Waals surface area contributed by atoms with Crippen LogP contribution in [0, 0.1) is 0 Å². The van der Waals surface area contributed by atoms with E-state index in [1.165, 1.54) is 16.7 Å². The summed E-state index contributed by atoms with van der Waals surface area (Å²) < 4.78 is 10.6. The van der Waals surface area contributed by atoms with E-state index in [2.05, 4.69) is 46.5 Å². The molecule has 5 rings (SSSR count). The molecule has 0 bridgehead atoms. The Balaban J connectivity index is 1.32. The van der Waals surface area contributed by atoms with Crippen molar-refractivity contribution in [3.63, 3.8) is 0 Å². The number of aryl methyl sites for hydroxylation is 1. The highest BCUT2D eigenvalue weighted by Gasteiger charge is 2.30. The summed E-state index contributed by atoms with van der Waals surface area (Å²) in [4.78, 5) is 19.6. The maximum absolute atomic E-state index is 13.2. The third kappa shape index (κ3) is 4.14. The largest absolute Gasteiger partial charge is 0.461 e. The number of fused-ring (bicyclic) bond motifs is 1. The fourth-order valence-electron chi connectivity index (χ4n) is 4.23. The minimum Gasteiger partial charge on any atom is -0.461 e. The highest BCUT2D eigenvalue weighted by molar-refractivity contribution is 5.77. The van der Waals surface area contributed by atoms with Crippen LogP contribution < -0.4 is 0 Å². The number of hydrogen-bond acceptors (Lipinski definition) is 5. The molecule has 4 aromatic rings. The molecule has 156 valence electrons. The first kappa shape index (κ1) is 19.3. The Hall–Kier alpha value is -3.67. The lowest BCUT2D eigenvalue weighted by Gasteiger charge is -2.37. The van der Waals surface area contributed by atoms with E-state index >= 15 is 0 Å². The predicted octanol–water partition coefficient (Wildman–Crippen LogP) is 4.63. The van der Waals surface area contributed by atoms with Gasteiger partial charge in [0.25, 0.3) is 0 Å². The van der Waals surface area contributed by atoms with Gasteiger partial charge in [-0.05, 0) is 41.7 Å². The van der Waals surface area contributed by atoms with Gasteiger partial charge in [-0.15, -0.1) is 0 Å². The molecular formula is C25H23N3O3. The average Bonchev–Trinajstić information content (AvgIpc) is 3.50. The van der Waals surface area contributed by atoms with Crippen LogP contribution in [-0.2, 0) is 24.1 Å². The SMILES string of the molecule is O=C(CCc1nc(-c2ccco2)no1)N1CCc2ccccc2[C@@H]1Cc1ccccc1. The van der Waals surface area contributed by atoms with Crippen molar-refractivity contribution in [3.05, 3.63) is 95.6 Å². The summed E-state index contributed by atoms with van der Waals surface area (Å²) in [6, 6.07) is 22.4. The Kier molecular flexibility index (Phi) is 5.35. The molecule has 2 aromatic carbocycles. The van der Waals surface area contributed by atoms with E-state index in [4.69, 9.17) is 8.94 Å². The highest BCUT2D eigenvalue weighted by Crippen LogP contribution is 2.33. The first-order valence-electron chi connectivity index (χ1n) is 10.6. The van der Waals surface area contributed by atoms with Crippen molar-refractivity contribution in [2.24, 2.45) is 0 Å². The second-order valence-electron chi connectivity index (χ2n) is 7.73. The van der Waals surface area contributed by atoms with Crippen molar-refractivity contribution in [2.45, 2.75) is 31.7 Å². The fraction of sp³-hybridized carbons (Fsp3) is 0.240. The van der Waals surface area contributed by atoms with E-state index in [1.54, 1.807) is 18.4 Å². The topological polar surface area (TPSA) is 72.4 Å². The molecule has 2 aromatic heterocycles. The van der Waals surface area contributed by atoms with Gasteiger partial charge in [-0.1, -0.05) is 59.8 Å². The van der Waals surface area contributed by atoms with Crippen molar-refractivity contribution in [2.75, 3.05) is 6.54 Å². The van der Waals surface area contributed by atoms with Crippen LogP contribution >= 0.6 is 0 Å². The first-order valence-corrected chi connectivity index (χ1v) is 10.6. The van der Waals surface area contributed by atoms with Crippen LogP contribution in [0.3, 0.4) is 0 Å². The van der Waals surface area contributed by atoms with E-state index in [9.17, 15) is 4.79 Å². The van der Waals surface area contributed by atoms with Crippen molar-refractivity contribution in [1.82, 2.24) is 15.0 Å². The van der Waals surface area contributed by atoms with Gasteiger partial charge in [-0.2, -0.15) is 4.98 Å². The van der Waals surface area contributed by atoms with Crippen molar-refractivity contribution >= 4 is 5.91 Å². The Bertz CT molecular complexity index is 1150. The number of nitrogens with zero attached hydrogens (tertiary/aromatic N) is 3. The van der Waals surface area contributed by atoms with Gasteiger partial charge in [0, 0.05) is 19.4 Å². The number of furan rings is 1. The molecule has 6 nitrogen and oxygen atoms in total. The Morgan fingerprint density at radius 1 is 1.03 bits per heavy atom. The number of benzene rings is 2. The predicted molar refractivity (Wildman–Crippen MR) is 115 cm³/mol. The zero-order chi connectivity index (χ0) is 21.0. The van der Waals surface area contributed by atoms with Crippen LogP contribution in [0.5, 0.6) is 0 Å². The molecule has 3 heterocycles. The molecule has 1 aliphatic rings. The van der Waals surface area contributed by atoms with Crippen LogP contribution in [0.4, 0.5) is 0 Å². The molecule has 0 N–H and O–H groups in total. The van der Waals surface area contributed by atoms with E-state index in [1.807, 2.05) is 23.1 Å². The maximum atomic E-state index is 13.2. The van der Waals surface area contributed by atoms with E-state index in [-0.39, 0.29) is 11.9 Å². The molecule has 1 atom stereocenters. The molecular weight excluding hydrogens is 390 g/mol. The third-order valence-corrected chi connectivity index (χ3v) is 5.77. The van der Waals surface area contributed by atoms with Gasteiger partial charge in [0.1, 0.15) is 0 Å². The lowest BCUT2D eigenvalue weighted by atomic mass is 9.88. The van der Waals surface area contributed by atoms with Crippen LogP contribution in [0.15, 0.2) is 81.9 Å². The van der Waals surface area contributed by atoms with Gasteiger partial charge in [0.15, 0.2) is 5.76 Å². The molecule has 0 radical (unpaired) electrons. The molecule has 1 aliphatic heterocycles. The quantitative estimate of drug-likeness (QED) is 0.461. The number of amides is 1. The highest BCUT2D eigenvalue weighted by atomic mass is 16.5. The summed E-state index contributed by atoms with van der Waals surface area (Å²) in [7, 11) is 0. The van der Waals surface area contributed by atoms with Gasteiger partial charge in [0.05, 0.1) is 12.3 Å². The minimum absolute atomic E-state index is 0.0289. The second kappa shape index (κ2) is 8.60. The molecule has 0 unspecified atom stereocenters. The lowest BCUT2D eigenvalue weighted by molar-refractivity contribution is -0.134. The summed E-state index contributed by atoms with van der Waals surface area (Å²) >= 11 is 0. The summed E-state index contributed by atoms with van der Waals surface area (Å²) in [5, 5.41) is 3.94. The smallest absolute Gasteiger partial charge is 0.238 e. The van der Waals surface area contributed by atoms with E-state index < -0.39 is 0 Å². The molecule has 1 amide bonds. The van der Waals surface area contributed by atoms with Crippen LogP contribution in [0.1, 0.15) is 35.0 Å². The maximum Gasteiger partial charge on any atom is 0.238 e. The molecule has 31 heavy (non-hydrogen) atoms. The zero-order valence-electron chi connectivity index (χ0n) is 17.1. The zero-order valence-corrected chi connectivity index (χ0v) is 17.1. The van der Waals surface area contributed by atoms with Crippen molar-refractivity contribution in [3.8, 4) is 11.6 Å². The summed E-state index contributed by atoms with van der Waals surface area (Å²) in [5.41, 5.74) is 3.79. The van der Waals surface area contributed by atoms with Gasteiger partial charge >= 0.3 is 0 Å². The molecule has 6 heteroatoms. The number of aromatic nitrogens is 2. The number of rotatable bonds is 6. The molecule has 0 spiro atoms. The lowest BCUT2D eigenvalue weighted by Crippen LogP contribution is -2.41. The van der Waals surface area contributed by atoms with Gasteiger partial charge in [0.2, 0.25) is 17.6 Å². The Morgan fingerprint density at radius 3 is 2.71 bits per heavy atom. The monoisotopic (exact) mass is 413 g/mol. The summed E-state index contributed by atoms with van der Waals surface area (Å²) in [6.07, 6.45) is 3.97. The van der Waals surface area contributed by atoms with E-state index in [0.29, 0.717) is 30.3 Å². The Labute approximate surface area is 180 Å². The molecule has 0 saturated carbocycles. The molecule has 0 aliphatic carbocycles.